The number of benzene rings is 2. The Morgan fingerprint density at radius 3 is 2.30 bits per heavy atom. The van der Waals surface area contributed by atoms with Crippen LogP contribution in [0.4, 0.5) is 11.4 Å². The fourth-order valence-corrected chi connectivity index (χ4v) is 4.07. The first kappa shape index (κ1) is 19.8. The average Bonchev–Trinajstić information content (AvgIpc) is 3.10. The maximum atomic E-state index is 13.1. The summed E-state index contributed by atoms with van der Waals surface area (Å²) in [5, 5.41) is 5.98. The van der Waals surface area contributed by atoms with Gasteiger partial charge in [0.2, 0.25) is 0 Å². The molecule has 0 saturated carbocycles. The van der Waals surface area contributed by atoms with Gasteiger partial charge >= 0.3 is 0 Å². The second-order valence-corrected chi connectivity index (χ2v) is 7.83. The van der Waals surface area contributed by atoms with Crippen molar-refractivity contribution in [3.63, 3.8) is 0 Å². The molecular weight excluding hydrogens is 424 g/mol. The molecule has 0 fully saturated rings. The number of carbonyl (C=O) groups excluding carboxylic acids is 2. The third-order valence-electron chi connectivity index (χ3n) is 4.20. The van der Waals surface area contributed by atoms with E-state index in [2.05, 4.69) is 15.6 Å². The van der Waals surface area contributed by atoms with Gasteiger partial charge in [-0.05, 0) is 43.3 Å². The Morgan fingerprint density at radius 2 is 1.60 bits per heavy atom. The molecule has 0 aliphatic heterocycles. The highest BCUT2D eigenvalue weighted by molar-refractivity contribution is 7.19. The van der Waals surface area contributed by atoms with Crippen molar-refractivity contribution in [2.24, 2.45) is 0 Å². The van der Waals surface area contributed by atoms with Crippen LogP contribution in [0.25, 0.3) is 4.96 Å². The highest BCUT2D eigenvalue weighted by Gasteiger charge is 2.26. The summed E-state index contributed by atoms with van der Waals surface area (Å²) in [5.41, 5.74) is 1.04. The summed E-state index contributed by atoms with van der Waals surface area (Å²) in [5.74, 6) is -1.11. The first-order valence-electron chi connectivity index (χ1n) is 8.89. The second kappa shape index (κ2) is 8.10. The minimum atomic E-state index is -0.602. The van der Waals surface area contributed by atoms with Crippen LogP contribution in [0.3, 0.4) is 0 Å². The van der Waals surface area contributed by atoms with E-state index in [0.717, 1.165) is 15.7 Å². The molecule has 2 heterocycles. The van der Waals surface area contributed by atoms with E-state index >= 15 is 0 Å². The van der Waals surface area contributed by atoms with Gasteiger partial charge in [-0.3, -0.25) is 14.4 Å². The number of rotatable bonds is 4. The number of nitrogens with one attached hydrogen (secondary N) is 2. The predicted molar refractivity (Wildman–Crippen MR) is 118 cm³/mol. The maximum Gasteiger partial charge on any atom is 0.274 e. The smallest absolute Gasteiger partial charge is 0.274 e. The lowest BCUT2D eigenvalue weighted by molar-refractivity contribution is 0.0989. The summed E-state index contributed by atoms with van der Waals surface area (Å²) in [6.45, 7) is 1.68. The Balaban J connectivity index is 1.80. The van der Waals surface area contributed by atoms with Crippen LogP contribution in [0.5, 0.6) is 0 Å². The number of amides is 2. The number of fused-ring (bicyclic) bond motifs is 1. The van der Waals surface area contributed by atoms with Crippen molar-refractivity contribution in [1.82, 2.24) is 9.38 Å². The molecule has 2 N–H and O–H groups in total. The van der Waals surface area contributed by atoms with Crippen LogP contribution in [0.15, 0.2) is 65.5 Å². The molecule has 0 bridgehead atoms. The normalized spacial score (nSPS) is 10.7. The highest BCUT2D eigenvalue weighted by atomic mass is 35.5. The van der Waals surface area contributed by atoms with Gasteiger partial charge < -0.3 is 10.6 Å². The Hall–Kier alpha value is -3.49. The van der Waals surface area contributed by atoms with Gasteiger partial charge in [-0.25, -0.2) is 9.38 Å². The summed E-state index contributed by atoms with van der Waals surface area (Å²) >= 11 is 6.87. The summed E-state index contributed by atoms with van der Waals surface area (Å²) in [4.78, 5) is 43.3. The molecule has 2 aromatic heterocycles. The summed E-state index contributed by atoms with van der Waals surface area (Å²) in [6.07, 6.45) is 0. The number of thiazole rings is 1. The zero-order chi connectivity index (χ0) is 21.3. The lowest BCUT2D eigenvalue weighted by Gasteiger charge is -2.08. The van der Waals surface area contributed by atoms with Crippen LogP contribution in [0.2, 0.25) is 5.02 Å². The van der Waals surface area contributed by atoms with Crippen molar-refractivity contribution in [2.45, 2.75) is 6.92 Å². The average molecular weight is 439 g/mol. The van der Waals surface area contributed by atoms with Crippen molar-refractivity contribution < 1.29 is 9.59 Å². The fourth-order valence-electron chi connectivity index (χ4n) is 2.88. The molecule has 0 radical (unpaired) electrons. The van der Waals surface area contributed by atoms with Gasteiger partial charge in [0, 0.05) is 28.2 Å². The molecule has 7 nitrogen and oxygen atoms in total. The van der Waals surface area contributed by atoms with Gasteiger partial charge in [-0.1, -0.05) is 41.1 Å². The quantitative estimate of drug-likeness (QED) is 0.499. The van der Waals surface area contributed by atoms with E-state index in [9.17, 15) is 14.4 Å². The third kappa shape index (κ3) is 3.96. The number of aromatic nitrogens is 2. The van der Waals surface area contributed by atoms with Gasteiger partial charge in [0.05, 0.1) is 0 Å². The third-order valence-corrected chi connectivity index (χ3v) is 5.49. The molecule has 4 rings (SSSR count). The van der Waals surface area contributed by atoms with Crippen LogP contribution < -0.4 is 16.2 Å². The molecular formula is C21H15ClN4O3S. The van der Waals surface area contributed by atoms with E-state index in [1.807, 2.05) is 6.07 Å². The molecule has 0 aliphatic carbocycles. The lowest BCUT2D eigenvalue weighted by Crippen LogP contribution is -2.25. The van der Waals surface area contributed by atoms with Crippen molar-refractivity contribution in [2.75, 3.05) is 10.6 Å². The summed E-state index contributed by atoms with van der Waals surface area (Å²) in [6, 6.07) is 16.7. The molecule has 0 saturated heterocycles. The minimum absolute atomic E-state index is 0.0733. The predicted octanol–water partition coefficient (Wildman–Crippen LogP) is 4.22. The Bertz CT molecular complexity index is 1310. The molecule has 30 heavy (non-hydrogen) atoms. The molecule has 150 valence electrons. The van der Waals surface area contributed by atoms with E-state index < -0.39 is 17.4 Å². The number of para-hydroxylation sites is 1. The van der Waals surface area contributed by atoms with Crippen LogP contribution in [-0.4, -0.2) is 21.2 Å². The van der Waals surface area contributed by atoms with Gasteiger partial charge in [-0.2, -0.15) is 0 Å². The van der Waals surface area contributed by atoms with Crippen molar-refractivity contribution in [3.8, 4) is 0 Å². The number of aryl methyl sites for hydroxylation is 1. The molecule has 2 aromatic carbocycles. The topological polar surface area (TPSA) is 92.6 Å². The number of nitrogens with zero attached hydrogens (tertiary/aromatic N) is 2. The van der Waals surface area contributed by atoms with E-state index in [4.69, 9.17) is 11.6 Å². The molecule has 0 spiro atoms. The van der Waals surface area contributed by atoms with Crippen LogP contribution >= 0.6 is 22.9 Å². The number of carbonyl (C=O) groups is 2. The number of hydrogen-bond acceptors (Lipinski definition) is 5. The summed E-state index contributed by atoms with van der Waals surface area (Å²) < 4.78 is 1.16. The standard InChI is InChI=1S/C21H15ClN4O3S/c1-12-11-16(27)26-17(19(28)24-15-9-7-13(22)8-10-15)18(30-21(26)23-12)20(29)25-14-5-3-2-4-6-14/h2-11H,1H3,(H,24,28)(H,25,29). The van der Waals surface area contributed by atoms with Crippen molar-refractivity contribution >= 4 is 51.1 Å². The van der Waals surface area contributed by atoms with E-state index in [1.165, 1.54) is 6.07 Å². The van der Waals surface area contributed by atoms with Crippen LogP contribution in [0.1, 0.15) is 25.9 Å². The van der Waals surface area contributed by atoms with Gasteiger partial charge in [-0.15, -0.1) is 0 Å². The minimum Gasteiger partial charge on any atom is -0.321 e. The molecule has 4 aromatic rings. The fraction of sp³-hybridized carbons (Fsp3) is 0.0476. The maximum absolute atomic E-state index is 13.1. The van der Waals surface area contributed by atoms with E-state index in [0.29, 0.717) is 22.1 Å². The molecule has 0 atom stereocenters. The molecule has 0 unspecified atom stereocenters. The second-order valence-electron chi connectivity index (χ2n) is 6.41. The Kier molecular flexibility index (Phi) is 5.35. The van der Waals surface area contributed by atoms with Gasteiger partial charge in [0.25, 0.3) is 17.4 Å². The monoisotopic (exact) mass is 438 g/mol. The van der Waals surface area contributed by atoms with Crippen molar-refractivity contribution in [3.05, 3.63) is 92.3 Å². The summed E-state index contributed by atoms with van der Waals surface area (Å²) in [7, 11) is 0. The van der Waals surface area contributed by atoms with Gasteiger partial charge in [0.15, 0.2) is 4.96 Å². The SMILES string of the molecule is Cc1cc(=O)n2c(C(=O)Nc3ccc(Cl)cc3)c(C(=O)Nc3ccccc3)sc2n1. The van der Waals surface area contributed by atoms with E-state index in [1.54, 1.807) is 55.5 Å². The van der Waals surface area contributed by atoms with Crippen LogP contribution in [-0.2, 0) is 0 Å². The van der Waals surface area contributed by atoms with E-state index in [-0.39, 0.29) is 15.5 Å². The zero-order valence-corrected chi connectivity index (χ0v) is 17.3. The Labute approximate surface area is 180 Å². The number of anilines is 2. The zero-order valence-electron chi connectivity index (χ0n) is 15.7. The molecule has 0 aliphatic rings. The lowest BCUT2D eigenvalue weighted by atomic mass is 10.2. The highest BCUT2D eigenvalue weighted by Crippen LogP contribution is 2.24. The first-order chi connectivity index (χ1) is 14.4. The Morgan fingerprint density at radius 1 is 0.967 bits per heavy atom. The van der Waals surface area contributed by atoms with Gasteiger partial charge in [0.1, 0.15) is 10.6 Å². The number of hydrogen-bond donors (Lipinski definition) is 2. The first-order valence-corrected chi connectivity index (χ1v) is 10.1. The molecule has 9 heteroatoms. The largest absolute Gasteiger partial charge is 0.321 e. The van der Waals surface area contributed by atoms with Crippen molar-refractivity contribution in [1.29, 1.82) is 0 Å². The molecule has 2 amide bonds. The number of halogens is 1. The van der Waals surface area contributed by atoms with Crippen LogP contribution in [0, 0.1) is 6.92 Å².